The van der Waals surface area contributed by atoms with Crippen molar-refractivity contribution in [3.8, 4) is 0 Å². The molecule has 458 valence electrons. The standard InChI is InChI=1S/C13H24N2.C12H24N2.C11H22N2.C10H19N3S.C9H18N2.5C2H6/c1-13(2,3)15-9-7-12-6-4-5-8-14(12)10-11-15;1-12(2,3)14-9-5-8-13-7-4-6-11(13)10-14;1-11(2,3)13-9-4-5-10(13)8-12-7-6-9;1-10(2,3)12-5-4-6-13-9(7-12)14-8-11-13;1-9(2,3)11-6-7-4-8(11)5-10-7;5*1-2/h4-5,12H,6-11H2,1-3H3;11H,4-10H2,1-3H3;9-10,12H,4-8H2,1-3H3;8-9H,4-7H2,1-3H3;7-8,10H,4-6H2,1-3H3;5*1-2H3. The zero-order valence-corrected chi connectivity index (χ0v) is 57.2. The summed E-state index contributed by atoms with van der Waals surface area (Å²) in [5.74, 6) is 0. The molecular formula is C65H137N11S. The van der Waals surface area contributed by atoms with E-state index in [2.05, 4.69) is 171 Å². The van der Waals surface area contributed by atoms with Gasteiger partial charge in [0.1, 0.15) is 5.37 Å². The Bertz CT molecular complexity index is 1490. The van der Waals surface area contributed by atoms with E-state index in [4.69, 9.17) is 0 Å². The first-order chi connectivity index (χ1) is 36.4. The average molecular weight is 1100 g/mol. The molecule has 0 aromatic carbocycles. The summed E-state index contributed by atoms with van der Waals surface area (Å²) in [6, 6.07) is 4.92. The second kappa shape index (κ2) is 36.7. The van der Waals surface area contributed by atoms with Crippen LogP contribution in [0.2, 0.25) is 0 Å². The number of thioether (sulfide) groups is 1. The number of nitrogens with zero attached hydrogens (tertiary/aromatic N) is 9. The largest absolute Gasteiger partial charge is 0.315 e. The Morgan fingerprint density at radius 2 is 1.04 bits per heavy atom. The van der Waals surface area contributed by atoms with Crippen molar-refractivity contribution in [1.82, 2.24) is 49.9 Å². The van der Waals surface area contributed by atoms with E-state index in [9.17, 15) is 0 Å². The Balaban J connectivity index is 0.000000463. The van der Waals surface area contributed by atoms with Gasteiger partial charge in [0.2, 0.25) is 0 Å². The number of nitrogens with one attached hydrogen (secondary N) is 2. The Morgan fingerprint density at radius 1 is 0.455 bits per heavy atom. The highest BCUT2D eigenvalue weighted by Gasteiger charge is 2.43. The number of rotatable bonds is 0. The third-order valence-corrected chi connectivity index (χ3v) is 17.7. The van der Waals surface area contributed by atoms with Crippen molar-refractivity contribution >= 4 is 17.3 Å². The summed E-state index contributed by atoms with van der Waals surface area (Å²) < 4.78 is 0. The SMILES string of the molecule is CC.CC.CC.CC.CC.CC(C)(C)N1C2CCNCC1CC2.CC(C)(C)N1CC2CC1CN2.CC(C)(C)N1CCC2CC=CCN2CC1.CC(C)(C)N1CCCN2CCCC2C1.CC(C)(C)N1CCCN2N=CSC2C1. The highest BCUT2D eigenvalue weighted by atomic mass is 32.2. The van der Waals surface area contributed by atoms with E-state index in [0.717, 1.165) is 49.3 Å². The second-order valence-electron chi connectivity index (χ2n) is 26.8. The molecule has 10 aliphatic rings. The first kappa shape index (κ1) is 74.2. The van der Waals surface area contributed by atoms with Crippen LogP contribution in [0.15, 0.2) is 17.3 Å². The van der Waals surface area contributed by atoms with Gasteiger partial charge < -0.3 is 10.6 Å². The average Bonchev–Trinajstić information content (AvgIpc) is 4.20. The van der Waals surface area contributed by atoms with E-state index < -0.39 is 0 Å². The third-order valence-electron chi connectivity index (χ3n) is 16.8. The van der Waals surface area contributed by atoms with Crippen molar-refractivity contribution in [2.75, 3.05) is 98.2 Å². The van der Waals surface area contributed by atoms with E-state index in [-0.39, 0.29) is 0 Å². The number of fused-ring (bicyclic) bond motifs is 7. The van der Waals surface area contributed by atoms with Crippen LogP contribution >= 0.6 is 11.8 Å². The molecule has 7 unspecified atom stereocenters. The molecule has 0 spiro atoms. The van der Waals surface area contributed by atoms with E-state index >= 15 is 0 Å². The minimum Gasteiger partial charge on any atom is -0.315 e. The van der Waals surface area contributed by atoms with Gasteiger partial charge in [-0.15, -0.1) is 0 Å². The molecule has 7 atom stereocenters. The molecule has 2 N–H and O–H groups in total. The van der Waals surface area contributed by atoms with Crippen LogP contribution in [0.4, 0.5) is 0 Å². The predicted molar refractivity (Wildman–Crippen MR) is 347 cm³/mol. The zero-order chi connectivity index (χ0) is 58.8. The van der Waals surface area contributed by atoms with Gasteiger partial charge in [-0.3, -0.25) is 39.3 Å². The lowest BCUT2D eigenvalue weighted by atomic mass is 10.0. The van der Waals surface area contributed by atoms with Crippen LogP contribution in [0.5, 0.6) is 0 Å². The van der Waals surface area contributed by atoms with Crippen molar-refractivity contribution in [3.63, 3.8) is 0 Å². The normalized spacial score (nSPS) is 28.8. The van der Waals surface area contributed by atoms with Gasteiger partial charge in [0.15, 0.2) is 0 Å². The van der Waals surface area contributed by atoms with Gasteiger partial charge in [-0.1, -0.05) is 93.2 Å². The smallest absolute Gasteiger partial charge is 0.110 e. The molecule has 10 aliphatic heterocycles. The number of hydrogen-bond donors (Lipinski definition) is 2. The maximum absolute atomic E-state index is 4.38. The highest BCUT2D eigenvalue weighted by Crippen LogP contribution is 2.35. The van der Waals surface area contributed by atoms with Crippen molar-refractivity contribution in [2.45, 2.75) is 307 Å². The Labute approximate surface area is 487 Å². The Hall–Kier alpha value is -0.800. The number of hydrazone groups is 1. The molecule has 0 amide bonds. The summed E-state index contributed by atoms with van der Waals surface area (Å²) in [5, 5.41) is 14.2. The van der Waals surface area contributed by atoms with Crippen LogP contribution in [0.3, 0.4) is 0 Å². The fourth-order valence-corrected chi connectivity index (χ4v) is 13.8. The van der Waals surface area contributed by atoms with E-state index in [1.807, 2.05) is 86.5 Å². The summed E-state index contributed by atoms with van der Waals surface area (Å²) in [6.07, 6.45) is 18.2. The van der Waals surface area contributed by atoms with Gasteiger partial charge >= 0.3 is 0 Å². The van der Waals surface area contributed by atoms with Gasteiger partial charge in [-0.25, -0.2) is 0 Å². The lowest BCUT2D eigenvalue weighted by Crippen LogP contribution is -2.52. The van der Waals surface area contributed by atoms with Crippen molar-refractivity contribution < 1.29 is 0 Å². The summed E-state index contributed by atoms with van der Waals surface area (Å²) in [4.78, 5) is 18.6. The summed E-state index contributed by atoms with van der Waals surface area (Å²) in [7, 11) is 0. The fourth-order valence-electron chi connectivity index (χ4n) is 12.9. The third kappa shape index (κ3) is 24.9. The van der Waals surface area contributed by atoms with Crippen molar-refractivity contribution in [1.29, 1.82) is 0 Å². The van der Waals surface area contributed by atoms with Gasteiger partial charge in [-0.05, 0) is 194 Å². The minimum atomic E-state index is 0.291. The molecule has 10 rings (SSSR count). The molecule has 0 aromatic heterocycles. The molecule has 0 radical (unpaired) electrons. The number of piperazine rings is 1. The maximum atomic E-state index is 4.38. The molecule has 10 heterocycles. The lowest BCUT2D eigenvalue weighted by molar-refractivity contribution is 0.0839. The Morgan fingerprint density at radius 3 is 1.58 bits per heavy atom. The van der Waals surface area contributed by atoms with Gasteiger partial charge in [0.25, 0.3) is 0 Å². The first-order valence-electron chi connectivity index (χ1n) is 32.7. The number of hydrogen-bond acceptors (Lipinski definition) is 12. The summed E-state index contributed by atoms with van der Waals surface area (Å²) >= 11 is 1.85. The molecule has 4 bridgehead atoms. The van der Waals surface area contributed by atoms with E-state index in [1.54, 1.807) is 0 Å². The quantitative estimate of drug-likeness (QED) is 0.228. The van der Waals surface area contributed by atoms with Crippen LogP contribution in [0.1, 0.15) is 237 Å². The van der Waals surface area contributed by atoms with E-state index in [0.29, 0.717) is 33.1 Å². The van der Waals surface area contributed by atoms with Crippen LogP contribution in [-0.2, 0) is 0 Å². The summed E-state index contributed by atoms with van der Waals surface area (Å²) in [5.41, 5.74) is 3.70. The molecule has 8 saturated heterocycles. The molecule has 77 heavy (non-hydrogen) atoms. The van der Waals surface area contributed by atoms with Crippen LogP contribution < -0.4 is 10.6 Å². The predicted octanol–water partition coefficient (Wildman–Crippen LogP) is 13.5. The molecule has 0 aliphatic carbocycles. The highest BCUT2D eigenvalue weighted by molar-refractivity contribution is 8.12. The lowest BCUT2D eigenvalue weighted by Gasteiger charge is -2.40. The first-order valence-corrected chi connectivity index (χ1v) is 33.6. The fraction of sp³-hybridized carbons (Fsp3) is 0.954. The minimum absolute atomic E-state index is 0.291. The maximum Gasteiger partial charge on any atom is 0.110 e. The molecule has 0 saturated carbocycles. The molecule has 0 aromatic rings. The second-order valence-corrected chi connectivity index (χ2v) is 27.9. The topological polar surface area (TPSA) is 62.3 Å². The van der Waals surface area contributed by atoms with Gasteiger partial charge in [0.05, 0.1) is 5.55 Å². The molecular weight excluding hydrogens is 967 g/mol. The van der Waals surface area contributed by atoms with Crippen molar-refractivity contribution in [3.05, 3.63) is 12.2 Å². The Kier molecular flexibility index (Phi) is 35.4. The molecule has 11 nitrogen and oxygen atoms in total. The van der Waals surface area contributed by atoms with Crippen LogP contribution in [0, 0.1) is 0 Å². The van der Waals surface area contributed by atoms with Crippen molar-refractivity contribution in [2.24, 2.45) is 5.10 Å². The number of likely N-dealkylation sites (tertiary alicyclic amines) is 1. The van der Waals surface area contributed by atoms with Crippen LogP contribution in [-0.4, -0.2) is 212 Å². The van der Waals surface area contributed by atoms with Gasteiger partial charge in [-0.2, -0.15) is 5.10 Å². The zero-order valence-electron chi connectivity index (χ0n) is 56.4. The molecule has 8 fully saturated rings. The van der Waals surface area contributed by atoms with Gasteiger partial charge in [0, 0.05) is 136 Å². The monoisotopic (exact) mass is 1100 g/mol. The van der Waals surface area contributed by atoms with E-state index in [1.165, 1.54) is 149 Å². The molecule has 12 heteroatoms. The van der Waals surface area contributed by atoms with Crippen LogP contribution in [0.25, 0.3) is 0 Å². The summed E-state index contributed by atoms with van der Waals surface area (Å²) in [6.45, 7) is 73.4.